The SMILES string of the molecule is O=C(NC[C@H](O)CN1CCc2ccccc2C1)c1ccnc(Cc2ccncc2)c1. The number of nitrogens with zero attached hydrogens (tertiary/aromatic N) is 3. The first kappa shape index (κ1) is 20.2. The number of β-amino-alcohol motifs (C(OH)–C–C–N with tert-alkyl or cyclic N) is 1. The number of aliphatic hydroxyl groups is 1. The second-order valence-corrected chi connectivity index (χ2v) is 7.69. The van der Waals surface area contributed by atoms with Crippen LogP contribution in [0.4, 0.5) is 0 Å². The van der Waals surface area contributed by atoms with E-state index in [1.165, 1.54) is 11.1 Å². The second kappa shape index (κ2) is 9.61. The molecule has 1 aliphatic heterocycles. The number of amides is 1. The van der Waals surface area contributed by atoms with Crippen molar-refractivity contribution in [1.29, 1.82) is 0 Å². The first-order valence-electron chi connectivity index (χ1n) is 10.3. The molecule has 0 saturated heterocycles. The van der Waals surface area contributed by atoms with Crippen molar-refractivity contribution in [2.45, 2.75) is 25.5 Å². The Morgan fingerprint density at radius 2 is 1.90 bits per heavy atom. The molecule has 2 N–H and O–H groups in total. The van der Waals surface area contributed by atoms with Crippen molar-refractivity contribution >= 4 is 5.91 Å². The lowest BCUT2D eigenvalue weighted by molar-refractivity contribution is 0.0841. The summed E-state index contributed by atoms with van der Waals surface area (Å²) >= 11 is 0. The number of rotatable bonds is 7. The van der Waals surface area contributed by atoms with Crippen molar-refractivity contribution in [2.24, 2.45) is 0 Å². The monoisotopic (exact) mass is 402 g/mol. The molecule has 154 valence electrons. The van der Waals surface area contributed by atoms with E-state index >= 15 is 0 Å². The van der Waals surface area contributed by atoms with Crippen LogP contribution in [0.25, 0.3) is 0 Å². The zero-order valence-electron chi connectivity index (χ0n) is 16.9. The van der Waals surface area contributed by atoms with E-state index in [9.17, 15) is 9.90 Å². The summed E-state index contributed by atoms with van der Waals surface area (Å²) in [5.74, 6) is -0.198. The Bertz CT molecular complexity index is 993. The first-order valence-corrected chi connectivity index (χ1v) is 10.3. The summed E-state index contributed by atoms with van der Waals surface area (Å²) in [4.78, 5) is 23.1. The van der Waals surface area contributed by atoms with E-state index in [4.69, 9.17) is 0 Å². The largest absolute Gasteiger partial charge is 0.390 e. The molecular weight excluding hydrogens is 376 g/mol. The lowest BCUT2D eigenvalue weighted by atomic mass is 10.00. The summed E-state index contributed by atoms with van der Waals surface area (Å²) in [6.45, 7) is 2.52. The summed E-state index contributed by atoms with van der Waals surface area (Å²) in [6, 6.07) is 15.8. The van der Waals surface area contributed by atoms with Crippen LogP contribution in [-0.4, -0.2) is 51.6 Å². The van der Waals surface area contributed by atoms with Gasteiger partial charge in [0.1, 0.15) is 0 Å². The Balaban J connectivity index is 1.28. The number of pyridine rings is 2. The van der Waals surface area contributed by atoms with Crippen molar-refractivity contribution in [1.82, 2.24) is 20.2 Å². The Kier molecular flexibility index (Phi) is 6.47. The van der Waals surface area contributed by atoms with Crippen LogP contribution in [0.3, 0.4) is 0 Å². The number of nitrogens with one attached hydrogen (secondary N) is 1. The Labute approximate surface area is 176 Å². The fourth-order valence-electron chi connectivity index (χ4n) is 3.81. The summed E-state index contributed by atoms with van der Waals surface area (Å²) in [5, 5.41) is 13.3. The summed E-state index contributed by atoms with van der Waals surface area (Å²) in [5.41, 5.74) is 5.17. The highest BCUT2D eigenvalue weighted by atomic mass is 16.3. The van der Waals surface area contributed by atoms with E-state index in [1.807, 2.05) is 12.1 Å². The number of fused-ring (bicyclic) bond motifs is 1. The molecule has 0 bridgehead atoms. The van der Waals surface area contributed by atoms with Crippen molar-refractivity contribution in [3.63, 3.8) is 0 Å². The van der Waals surface area contributed by atoms with Gasteiger partial charge in [-0.05, 0) is 47.4 Å². The summed E-state index contributed by atoms with van der Waals surface area (Å²) < 4.78 is 0. The van der Waals surface area contributed by atoms with E-state index in [0.717, 1.165) is 30.8 Å². The highest BCUT2D eigenvalue weighted by Crippen LogP contribution is 2.18. The normalized spacial score (nSPS) is 14.7. The fraction of sp³-hybridized carbons (Fsp3) is 0.292. The van der Waals surface area contributed by atoms with E-state index < -0.39 is 6.10 Å². The number of hydrogen-bond donors (Lipinski definition) is 2. The zero-order chi connectivity index (χ0) is 20.8. The standard InChI is InChI=1S/C24H26N4O2/c29-23(17-28-12-8-19-3-1-2-4-21(19)16-28)15-27-24(30)20-7-11-26-22(14-20)13-18-5-9-25-10-6-18/h1-7,9-11,14,23,29H,8,12-13,15-17H2,(H,27,30)/t23-/m0/s1. The average molecular weight is 402 g/mol. The van der Waals surface area contributed by atoms with Crippen LogP contribution in [0.5, 0.6) is 0 Å². The third kappa shape index (κ3) is 5.28. The molecule has 1 amide bonds. The van der Waals surface area contributed by atoms with Gasteiger partial charge < -0.3 is 10.4 Å². The minimum atomic E-state index is -0.614. The third-order valence-electron chi connectivity index (χ3n) is 5.39. The zero-order valence-corrected chi connectivity index (χ0v) is 16.9. The number of benzene rings is 1. The summed E-state index contributed by atoms with van der Waals surface area (Å²) in [6.07, 6.45) is 6.15. The minimum Gasteiger partial charge on any atom is -0.390 e. The molecule has 0 aliphatic carbocycles. The topological polar surface area (TPSA) is 78.4 Å². The van der Waals surface area contributed by atoms with Crippen molar-refractivity contribution in [2.75, 3.05) is 19.6 Å². The smallest absolute Gasteiger partial charge is 0.251 e. The number of hydrogen-bond acceptors (Lipinski definition) is 5. The molecular formula is C24H26N4O2. The Hall–Kier alpha value is -3.09. The van der Waals surface area contributed by atoms with Gasteiger partial charge in [0.25, 0.3) is 5.91 Å². The van der Waals surface area contributed by atoms with Gasteiger partial charge in [-0.3, -0.25) is 19.7 Å². The van der Waals surface area contributed by atoms with Crippen molar-refractivity contribution < 1.29 is 9.90 Å². The van der Waals surface area contributed by atoms with Crippen LogP contribution >= 0.6 is 0 Å². The minimum absolute atomic E-state index is 0.198. The average Bonchev–Trinajstić information content (AvgIpc) is 2.78. The molecule has 0 spiro atoms. The lowest BCUT2D eigenvalue weighted by Gasteiger charge is -2.30. The molecule has 1 aromatic carbocycles. The first-order chi connectivity index (χ1) is 14.7. The fourth-order valence-corrected chi connectivity index (χ4v) is 3.81. The molecule has 0 fully saturated rings. The third-order valence-corrected chi connectivity index (χ3v) is 5.39. The van der Waals surface area contributed by atoms with Crippen LogP contribution < -0.4 is 5.32 Å². The maximum absolute atomic E-state index is 12.5. The molecule has 0 saturated carbocycles. The van der Waals surface area contributed by atoms with E-state index in [1.54, 1.807) is 30.7 Å². The Morgan fingerprint density at radius 1 is 1.10 bits per heavy atom. The van der Waals surface area contributed by atoms with Crippen LogP contribution in [0.15, 0.2) is 67.1 Å². The molecule has 3 heterocycles. The van der Waals surface area contributed by atoms with Crippen LogP contribution in [-0.2, 0) is 19.4 Å². The Morgan fingerprint density at radius 3 is 2.73 bits per heavy atom. The van der Waals surface area contributed by atoms with Crippen molar-refractivity contribution in [3.05, 3.63) is 95.1 Å². The van der Waals surface area contributed by atoms with E-state index in [0.29, 0.717) is 18.5 Å². The molecule has 3 aromatic rings. The maximum Gasteiger partial charge on any atom is 0.251 e. The van der Waals surface area contributed by atoms with Gasteiger partial charge in [0.2, 0.25) is 0 Å². The van der Waals surface area contributed by atoms with Gasteiger partial charge in [-0.2, -0.15) is 0 Å². The van der Waals surface area contributed by atoms with Crippen molar-refractivity contribution in [3.8, 4) is 0 Å². The van der Waals surface area contributed by atoms with Crippen LogP contribution in [0.2, 0.25) is 0 Å². The number of aliphatic hydroxyl groups excluding tert-OH is 1. The van der Waals surface area contributed by atoms with Gasteiger partial charge in [0.05, 0.1) is 6.10 Å². The van der Waals surface area contributed by atoms with E-state index in [-0.39, 0.29) is 12.5 Å². The van der Waals surface area contributed by atoms with E-state index in [2.05, 4.69) is 44.5 Å². The number of carbonyl (C=O) groups is 1. The van der Waals surface area contributed by atoms with Gasteiger partial charge in [-0.1, -0.05) is 24.3 Å². The van der Waals surface area contributed by atoms with Crippen LogP contribution in [0, 0.1) is 0 Å². The maximum atomic E-state index is 12.5. The van der Waals surface area contributed by atoms with Gasteiger partial charge in [0, 0.05) is 62.4 Å². The predicted octanol–water partition coefficient (Wildman–Crippen LogP) is 2.22. The van der Waals surface area contributed by atoms with Gasteiger partial charge in [0.15, 0.2) is 0 Å². The number of carbonyl (C=O) groups excluding carboxylic acids is 1. The van der Waals surface area contributed by atoms with Crippen LogP contribution in [0.1, 0.15) is 32.7 Å². The number of aromatic nitrogens is 2. The summed E-state index contributed by atoms with van der Waals surface area (Å²) in [7, 11) is 0. The van der Waals surface area contributed by atoms with Gasteiger partial charge >= 0.3 is 0 Å². The molecule has 1 atom stereocenters. The van der Waals surface area contributed by atoms with Gasteiger partial charge in [-0.15, -0.1) is 0 Å². The lowest BCUT2D eigenvalue weighted by Crippen LogP contribution is -2.42. The molecule has 1 aliphatic rings. The highest BCUT2D eigenvalue weighted by Gasteiger charge is 2.19. The highest BCUT2D eigenvalue weighted by molar-refractivity contribution is 5.94. The molecule has 2 aromatic heterocycles. The molecule has 6 nitrogen and oxygen atoms in total. The quantitative estimate of drug-likeness (QED) is 0.634. The molecule has 6 heteroatoms. The predicted molar refractivity (Wildman–Crippen MR) is 115 cm³/mol. The molecule has 0 radical (unpaired) electrons. The molecule has 30 heavy (non-hydrogen) atoms. The second-order valence-electron chi connectivity index (χ2n) is 7.69. The molecule has 4 rings (SSSR count). The van der Waals surface area contributed by atoms with Gasteiger partial charge in [-0.25, -0.2) is 0 Å². The molecule has 0 unspecified atom stereocenters.